The van der Waals surface area contributed by atoms with E-state index in [-0.39, 0.29) is 24.0 Å². The Bertz CT molecular complexity index is 361. The van der Waals surface area contributed by atoms with Crippen molar-refractivity contribution in [2.45, 2.75) is 38.3 Å². The highest BCUT2D eigenvalue weighted by Crippen LogP contribution is 2.18. The molecule has 0 bridgehead atoms. The summed E-state index contributed by atoms with van der Waals surface area (Å²) in [5.74, 6) is -0.149. The van der Waals surface area contributed by atoms with Crippen molar-refractivity contribution in [2.75, 3.05) is 39.9 Å². The second kappa shape index (κ2) is 7.04. The Labute approximate surface area is 120 Å². The molecule has 6 heteroatoms. The zero-order valence-electron chi connectivity index (χ0n) is 12.3. The number of hydrogen-bond donors (Lipinski definition) is 0. The van der Waals surface area contributed by atoms with Gasteiger partial charge in [-0.3, -0.25) is 14.5 Å². The van der Waals surface area contributed by atoms with Gasteiger partial charge in [0, 0.05) is 13.1 Å². The lowest BCUT2D eigenvalue weighted by molar-refractivity contribution is -0.150. The number of carbonyl (C=O) groups is 2. The van der Waals surface area contributed by atoms with Gasteiger partial charge >= 0.3 is 5.97 Å². The van der Waals surface area contributed by atoms with Crippen molar-refractivity contribution in [2.24, 2.45) is 0 Å². The number of carbonyl (C=O) groups excluding carboxylic acids is 2. The van der Waals surface area contributed by atoms with E-state index in [0.29, 0.717) is 26.2 Å². The molecule has 6 nitrogen and oxygen atoms in total. The number of nitrogens with zero attached hydrogens (tertiary/aromatic N) is 2. The van der Waals surface area contributed by atoms with Crippen LogP contribution in [-0.4, -0.2) is 73.7 Å². The molecule has 2 unspecified atom stereocenters. The lowest BCUT2D eigenvalue weighted by Gasteiger charge is -2.36. The zero-order valence-corrected chi connectivity index (χ0v) is 12.3. The van der Waals surface area contributed by atoms with E-state index in [1.165, 1.54) is 7.11 Å². The number of hydrogen-bond acceptors (Lipinski definition) is 5. The van der Waals surface area contributed by atoms with Gasteiger partial charge in [-0.2, -0.15) is 0 Å². The van der Waals surface area contributed by atoms with E-state index in [0.717, 1.165) is 25.8 Å². The van der Waals surface area contributed by atoms with Gasteiger partial charge in [0.25, 0.3) is 0 Å². The molecule has 2 saturated heterocycles. The van der Waals surface area contributed by atoms with Crippen LogP contribution < -0.4 is 0 Å². The molecule has 0 spiro atoms. The first-order valence-corrected chi connectivity index (χ1v) is 7.33. The second-order valence-electron chi connectivity index (χ2n) is 5.53. The van der Waals surface area contributed by atoms with Gasteiger partial charge in [-0.05, 0) is 26.3 Å². The molecule has 2 heterocycles. The standard InChI is InChI=1S/C14H24N2O4/c1-11-9-16(7-8-20-11)13(17)10-15-6-4-3-5-12(15)14(18)19-2/h11-12H,3-10H2,1-2H3. The molecule has 2 aliphatic heterocycles. The fourth-order valence-corrected chi connectivity index (χ4v) is 2.90. The molecule has 0 saturated carbocycles. The summed E-state index contributed by atoms with van der Waals surface area (Å²) in [6.07, 6.45) is 2.91. The average molecular weight is 284 g/mol. The first-order chi connectivity index (χ1) is 9.61. The summed E-state index contributed by atoms with van der Waals surface area (Å²) >= 11 is 0. The first kappa shape index (κ1) is 15.3. The monoisotopic (exact) mass is 284 g/mol. The van der Waals surface area contributed by atoms with Gasteiger partial charge in [-0.15, -0.1) is 0 Å². The van der Waals surface area contributed by atoms with Gasteiger partial charge in [0.2, 0.25) is 5.91 Å². The Morgan fingerprint density at radius 2 is 2.10 bits per heavy atom. The summed E-state index contributed by atoms with van der Waals surface area (Å²) in [5.41, 5.74) is 0. The Balaban J connectivity index is 1.92. The van der Waals surface area contributed by atoms with Crippen LogP contribution in [-0.2, 0) is 19.1 Å². The molecule has 0 aliphatic carbocycles. The van der Waals surface area contributed by atoms with Crippen molar-refractivity contribution < 1.29 is 19.1 Å². The lowest BCUT2D eigenvalue weighted by Crippen LogP contribution is -2.52. The van der Waals surface area contributed by atoms with Gasteiger partial charge in [0.1, 0.15) is 6.04 Å². The quantitative estimate of drug-likeness (QED) is 0.696. The van der Waals surface area contributed by atoms with Crippen LogP contribution in [0.2, 0.25) is 0 Å². The van der Waals surface area contributed by atoms with Crippen LogP contribution in [0.5, 0.6) is 0 Å². The molecule has 114 valence electrons. The van der Waals surface area contributed by atoms with Crippen LogP contribution in [0.1, 0.15) is 26.2 Å². The molecule has 0 aromatic heterocycles. The highest BCUT2D eigenvalue weighted by atomic mass is 16.5. The smallest absolute Gasteiger partial charge is 0.323 e. The van der Waals surface area contributed by atoms with Crippen molar-refractivity contribution in [1.29, 1.82) is 0 Å². The molecule has 2 fully saturated rings. The van der Waals surface area contributed by atoms with Crippen LogP contribution >= 0.6 is 0 Å². The van der Waals surface area contributed by atoms with Crippen molar-refractivity contribution in [3.8, 4) is 0 Å². The number of methoxy groups -OCH3 is 1. The Kier molecular flexibility index (Phi) is 5.37. The van der Waals surface area contributed by atoms with Gasteiger partial charge in [0.15, 0.2) is 0 Å². The molecule has 1 amide bonds. The van der Waals surface area contributed by atoms with Gasteiger partial charge in [0.05, 0.1) is 26.4 Å². The average Bonchev–Trinajstić information content (AvgIpc) is 2.47. The summed E-state index contributed by atoms with van der Waals surface area (Å²) in [4.78, 5) is 27.9. The van der Waals surface area contributed by atoms with E-state index in [1.807, 2.05) is 16.7 Å². The van der Waals surface area contributed by atoms with E-state index in [2.05, 4.69) is 0 Å². The molecule has 2 aliphatic rings. The second-order valence-corrected chi connectivity index (χ2v) is 5.53. The maximum Gasteiger partial charge on any atom is 0.323 e. The number of likely N-dealkylation sites (tertiary alicyclic amines) is 1. The molecule has 0 aromatic rings. The van der Waals surface area contributed by atoms with Crippen molar-refractivity contribution >= 4 is 11.9 Å². The Hall–Kier alpha value is -1.14. The number of piperidine rings is 1. The molecular formula is C14H24N2O4. The number of rotatable bonds is 3. The highest BCUT2D eigenvalue weighted by molar-refractivity contribution is 5.80. The third-order valence-corrected chi connectivity index (χ3v) is 4.02. The van der Waals surface area contributed by atoms with Crippen LogP contribution in [0.25, 0.3) is 0 Å². The predicted octanol–water partition coefficient (Wildman–Crippen LogP) is 0.261. The van der Waals surface area contributed by atoms with E-state index in [4.69, 9.17) is 9.47 Å². The largest absolute Gasteiger partial charge is 0.468 e. The van der Waals surface area contributed by atoms with Crippen LogP contribution in [0.15, 0.2) is 0 Å². The maximum absolute atomic E-state index is 12.3. The minimum Gasteiger partial charge on any atom is -0.468 e. The molecule has 0 N–H and O–H groups in total. The van der Waals surface area contributed by atoms with E-state index in [1.54, 1.807) is 0 Å². The minimum absolute atomic E-state index is 0.0796. The van der Waals surface area contributed by atoms with Crippen molar-refractivity contribution in [1.82, 2.24) is 9.80 Å². The third-order valence-electron chi connectivity index (χ3n) is 4.02. The van der Waals surface area contributed by atoms with E-state index >= 15 is 0 Å². The SMILES string of the molecule is COC(=O)C1CCCCN1CC(=O)N1CCOC(C)C1. The highest BCUT2D eigenvalue weighted by Gasteiger charge is 2.32. The van der Waals surface area contributed by atoms with Crippen LogP contribution in [0, 0.1) is 0 Å². The molecule has 2 atom stereocenters. The van der Waals surface area contributed by atoms with Gasteiger partial charge in [-0.25, -0.2) is 0 Å². The van der Waals surface area contributed by atoms with Crippen molar-refractivity contribution in [3.05, 3.63) is 0 Å². The molecule has 0 aromatic carbocycles. The molecule has 2 rings (SSSR count). The fourth-order valence-electron chi connectivity index (χ4n) is 2.90. The third kappa shape index (κ3) is 3.70. The lowest BCUT2D eigenvalue weighted by atomic mass is 10.0. The summed E-state index contributed by atoms with van der Waals surface area (Å²) in [5, 5.41) is 0. The van der Waals surface area contributed by atoms with Crippen LogP contribution in [0.3, 0.4) is 0 Å². The van der Waals surface area contributed by atoms with Gasteiger partial charge < -0.3 is 14.4 Å². The minimum atomic E-state index is -0.267. The fraction of sp³-hybridized carbons (Fsp3) is 0.857. The van der Waals surface area contributed by atoms with Crippen LogP contribution in [0.4, 0.5) is 0 Å². The van der Waals surface area contributed by atoms with E-state index in [9.17, 15) is 9.59 Å². The van der Waals surface area contributed by atoms with Gasteiger partial charge in [-0.1, -0.05) is 6.42 Å². The summed E-state index contributed by atoms with van der Waals surface area (Å²) in [6, 6.07) is -0.267. The normalized spacial score (nSPS) is 28.2. The summed E-state index contributed by atoms with van der Waals surface area (Å²) in [6.45, 7) is 4.91. The predicted molar refractivity (Wildman–Crippen MR) is 73.2 cm³/mol. The molecule has 0 radical (unpaired) electrons. The first-order valence-electron chi connectivity index (χ1n) is 7.33. The summed E-state index contributed by atoms with van der Waals surface area (Å²) < 4.78 is 10.3. The van der Waals surface area contributed by atoms with E-state index < -0.39 is 0 Å². The number of esters is 1. The van der Waals surface area contributed by atoms with Crippen molar-refractivity contribution in [3.63, 3.8) is 0 Å². The maximum atomic E-state index is 12.3. The molecular weight excluding hydrogens is 260 g/mol. The zero-order chi connectivity index (χ0) is 14.5. The molecule has 20 heavy (non-hydrogen) atoms. The Morgan fingerprint density at radius 1 is 1.30 bits per heavy atom. The number of amides is 1. The number of morpholine rings is 1. The Morgan fingerprint density at radius 3 is 2.80 bits per heavy atom. The topological polar surface area (TPSA) is 59.1 Å². The number of ether oxygens (including phenoxy) is 2. The summed E-state index contributed by atoms with van der Waals surface area (Å²) in [7, 11) is 1.40.